The van der Waals surface area contributed by atoms with Crippen molar-refractivity contribution in [3.63, 3.8) is 0 Å². The highest BCUT2D eigenvalue weighted by atomic mass is 32.2. The van der Waals surface area contributed by atoms with Crippen LogP contribution in [0.15, 0.2) is 35.2 Å². The van der Waals surface area contributed by atoms with Crippen LogP contribution in [0.1, 0.15) is 103 Å². The minimum atomic E-state index is -0.932. The first-order valence-electron chi connectivity index (χ1n) is 11.2. The van der Waals surface area contributed by atoms with E-state index in [0.29, 0.717) is 6.42 Å². The third kappa shape index (κ3) is 13.8. The van der Waals surface area contributed by atoms with Crippen molar-refractivity contribution < 1.29 is 9.90 Å². The third-order valence-electron chi connectivity index (χ3n) is 5.10. The molecular weight excluding hydrogens is 352 g/mol. The van der Waals surface area contributed by atoms with Crippen LogP contribution in [0.4, 0.5) is 0 Å². The Morgan fingerprint density at radius 3 is 1.67 bits per heavy atom. The molecule has 0 radical (unpaired) electrons. The van der Waals surface area contributed by atoms with Gasteiger partial charge in [0, 0.05) is 10.1 Å². The van der Waals surface area contributed by atoms with E-state index in [1.807, 2.05) is 30.3 Å². The van der Waals surface area contributed by atoms with Gasteiger partial charge < -0.3 is 9.90 Å². The molecule has 3 heteroatoms. The van der Waals surface area contributed by atoms with Gasteiger partial charge in [-0.3, -0.25) is 0 Å². The molecule has 0 aliphatic rings. The number of thioether (sulfide) groups is 1. The zero-order valence-electron chi connectivity index (χ0n) is 17.3. The summed E-state index contributed by atoms with van der Waals surface area (Å²) < 4.78 is 0. The summed E-state index contributed by atoms with van der Waals surface area (Å²) in [7, 11) is 0. The molecule has 1 rings (SSSR count). The number of hydrogen-bond acceptors (Lipinski definition) is 3. The van der Waals surface area contributed by atoms with E-state index in [9.17, 15) is 9.90 Å². The topological polar surface area (TPSA) is 40.1 Å². The molecular formula is C24H39O2S-. The van der Waals surface area contributed by atoms with Gasteiger partial charge in [-0.2, -0.15) is 0 Å². The average Bonchev–Trinajstić information content (AvgIpc) is 2.68. The van der Waals surface area contributed by atoms with E-state index >= 15 is 0 Å². The lowest BCUT2D eigenvalue weighted by molar-refractivity contribution is -0.304. The number of rotatable bonds is 18. The van der Waals surface area contributed by atoms with Gasteiger partial charge in [-0.25, -0.2) is 0 Å². The Kier molecular flexibility index (Phi) is 15.3. The number of carboxylic acids is 1. The quantitative estimate of drug-likeness (QED) is 0.205. The number of aliphatic carboxylic acids is 1. The second-order valence-electron chi connectivity index (χ2n) is 7.62. The van der Waals surface area contributed by atoms with Gasteiger partial charge in [0.1, 0.15) is 0 Å². The van der Waals surface area contributed by atoms with Gasteiger partial charge >= 0.3 is 0 Å². The molecule has 0 saturated heterocycles. The molecule has 0 aliphatic heterocycles. The maximum absolute atomic E-state index is 11.3. The predicted molar refractivity (Wildman–Crippen MR) is 116 cm³/mol. The van der Waals surface area contributed by atoms with Crippen LogP contribution in [-0.2, 0) is 4.79 Å². The maximum atomic E-state index is 11.3. The molecule has 154 valence electrons. The number of unbranched alkanes of at least 4 members (excludes halogenated alkanes) is 13. The molecule has 0 spiro atoms. The Bertz CT molecular complexity index is 461. The Hall–Kier alpha value is -0.960. The molecule has 0 N–H and O–H groups in total. The fourth-order valence-electron chi connectivity index (χ4n) is 3.41. The van der Waals surface area contributed by atoms with Crippen molar-refractivity contribution in [1.29, 1.82) is 0 Å². The van der Waals surface area contributed by atoms with Crippen LogP contribution in [0.5, 0.6) is 0 Å². The highest BCUT2D eigenvalue weighted by molar-refractivity contribution is 8.00. The molecule has 1 atom stereocenters. The van der Waals surface area contributed by atoms with Crippen molar-refractivity contribution in [2.45, 2.75) is 113 Å². The van der Waals surface area contributed by atoms with Crippen molar-refractivity contribution in [3.05, 3.63) is 30.3 Å². The minimum Gasteiger partial charge on any atom is -0.549 e. The molecule has 1 aromatic rings. The minimum absolute atomic E-state index is 0.426. The molecule has 1 aromatic carbocycles. The summed E-state index contributed by atoms with van der Waals surface area (Å²) >= 11 is 1.42. The fourth-order valence-corrected chi connectivity index (χ4v) is 4.44. The van der Waals surface area contributed by atoms with Crippen molar-refractivity contribution in [2.24, 2.45) is 0 Å². The van der Waals surface area contributed by atoms with Crippen LogP contribution in [0.25, 0.3) is 0 Å². The van der Waals surface area contributed by atoms with E-state index in [-0.39, 0.29) is 0 Å². The van der Waals surface area contributed by atoms with Crippen molar-refractivity contribution in [1.82, 2.24) is 0 Å². The molecule has 27 heavy (non-hydrogen) atoms. The first-order valence-corrected chi connectivity index (χ1v) is 12.0. The molecule has 0 aliphatic carbocycles. The molecule has 2 nitrogen and oxygen atoms in total. The molecule has 1 unspecified atom stereocenters. The van der Waals surface area contributed by atoms with Crippen LogP contribution in [-0.4, -0.2) is 11.2 Å². The van der Waals surface area contributed by atoms with Crippen LogP contribution in [0.3, 0.4) is 0 Å². The van der Waals surface area contributed by atoms with Crippen molar-refractivity contribution in [3.8, 4) is 0 Å². The molecule has 0 bridgehead atoms. The standard InChI is InChI=1S/C24H40O2S/c1-2-3-4-5-6-7-8-9-10-11-12-13-14-18-21-23(24(25)26)27-22-19-16-15-17-20-22/h15-17,19-20,23H,2-14,18,21H2,1H3,(H,25,26)/p-1. The molecule has 0 aromatic heterocycles. The van der Waals surface area contributed by atoms with Crippen LogP contribution < -0.4 is 5.11 Å². The first kappa shape index (κ1) is 24.1. The Labute approximate surface area is 171 Å². The zero-order chi connectivity index (χ0) is 19.6. The summed E-state index contributed by atoms with van der Waals surface area (Å²) in [4.78, 5) is 12.3. The number of hydrogen-bond donors (Lipinski definition) is 0. The van der Waals surface area contributed by atoms with E-state index < -0.39 is 11.2 Å². The van der Waals surface area contributed by atoms with E-state index in [1.54, 1.807) is 0 Å². The summed E-state index contributed by atoms with van der Waals surface area (Å²) in [6, 6.07) is 9.77. The molecule has 0 fully saturated rings. The lowest BCUT2D eigenvalue weighted by Crippen LogP contribution is -2.33. The summed E-state index contributed by atoms with van der Waals surface area (Å²) in [5.41, 5.74) is 0. The van der Waals surface area contributed by atoms with Gasteiger partial charge in [0.05, 0.1) is 5.97 Å². The van der Waals surface area contributed by atoms with Gasteiger partial charge in [-0.05, 0) is 18.6 Å². The monoisotopic (exact) mass is 391 g/mol. The summed E-state index contributed by atoms with van der Waals surface area (Å²) in [6.45, 7) is 2.27. The second-order valence-corrected chi connectivity index (χ2v) is 8.90. The summed E-state index contributed by atoms with van der Waals surface area (Å²) in [5, 5.41) is 10.9. The zero-order valence-corrected chi connectivity index (χ0v) is 18.1. The highest BCUT2D eigenvalue weighted by Gasteiger charge is 2.11. The van der Waals surface area contributed by atoms with Crippen LogP contribution in [0, 0.1) is 0 Å². The average molecular weight is 392 g/mol. The van der Waals surface area contributed by atoms with E-state index in [0.717, 1.165) is 17.7 Å². The number of carbonyl (C=O) groups excluding carboxylic acids is 1. The number of carbonyl (C=O) groups is 1. The Balaban J connectivity index is 1.93. The number of carboxylic acid groups (broad SMARTS) is 1. The molecule has 0 heterocycles. The van der Waals surface area contributed by atoms with Crippen LogP contribution >= 0.6 is 11.8 Å². The first-order chi connectivity index (χ1) is 13.2. The molecule has 0 saturated carbocycles. The summed E-state index contributed by atoms with van der Waals surface area (Å²) in [6.07, 6.45) is 19.2. The van der Waals surface area contributed by atoms with Crippen molar-refractivity contribution in [2.75, 3.05) is 0 Å². The van der Waals surface area contributed by atoms with Gasteiger partial charge in [0.25, 0.3) is 0 Å². The van der Waals surface area contributed by atoms with Gasteiger partial charge in [0.15, 0.2) is 0 Å². The van der Waals surface area contributed by atoms with Crippen LogP contribution in [0.2, 0.25) is 0 Å². The molecule has 0 amide bonds. The van der Waals surface area contributed by atoms with Gasteiger partial charge in [-0.15, -0.1) is 11.8 Å². The lowest BCUT2D eigenvalue weighted by Gasteiger charge is -2.17. The maximum Gasteiger partial charge on any atom is 0.0548 e. The van der Waals surface area contributed by atoms with Gasteiger partial charge in [0.2, 0.25) is 0 Å². The van der Waals surface area contributed by atoms with Crippen molar-refractivity contribution >= 4 is 17.7 Å². The van der Waals surface area contributed by atoms with E-state index in [1.165, 1.54) is 88.8 Å². The second kappa shape index (κ2) is 17.2. The fraction of sp³-hybridized carbons (Fsp3) is 0.708. The Morgan fingerprint density at radius 2 is 1.22 bits per heavy atom. The lowest BCUT2D eigenvalue weighted by atomic mass is 10.0. The Morgan fingerprint density at radius 1 is 0.778 bits per heavy atom. The van der Waals surface area contributed by atoms with E-state index in [4.69, 9.17) is 0 Å². The van der Waals surface area contributed by atoms with E-state index in [2.05, 4.69) is 6.92 Å². The smallest absolute Gasteiger partial charge is 0.0548 e. The summed E-state index contributed by atoms with van der Waals surface area (Å²) in [5.74, 6) is -0.932. The normalized spacial score (nSPS) is 12.2. The third-order valence-corrected chi connectivity index (χ3v) is 6.36. The van der Waals surface area contributed by atoms with Gasteiger partial charge in [-0.1, -0.05) is 115 Å². The largest absolute Gasteiger partial charge is 0.549 e. The predicted octanol–water partition coefficient (Wildman–Crippen LogP) is 6.77. The number of benzene rings is 1. The SMILES string of the molecule is CCCCCCCCCCCCCCCCC(Sc1ccccc1)C(=O)[O-]. The highest BCUT2D eigenvalue weighted by Crippen LogP contribution is 2.26.